The maximum absolute atomic E-state index is 12.7. The quantitative estimate of drug-likeness (QED) is 0.494. The van der Waals surface area contributed by atoms with E-state index in [2.05, 4.69) is 11.3 Å². The van der Waals surface area contributed by atoms with E-state index in [1.54, 1.807) is 6.92 Å². The van der Waals surface area contributed by atoms with E-state index < -0.39 is 18.5 Å². The van der Waals surface area contributed by atoms with Crippen molar-refractivity contribution in [3.8, 4) is 0 Å². The van der Waals surface area contributed by atoms with Crippen LogP contribution in [0.2, 0.25) is 0 Å². The van der Waals surface area contributed by atoms with Gasteiger partial charge in [0, 0.05) is 5.57 Å². The van der Waals surface area contributed by atoms with E-state index in [9.17, 15) is 13.6 Å². The van der Waals surface area contributed by atoms with Crippen molar-refractivity contribution in [2.45, 2.75) is 39.2 Å². The summed E-state index contributed by atoms with van der Waals surface area (Å²) in [6.45, 7) is 6.33. The Morgan fingerprint density at radius 2 is 2.08 bits per heavy atom. The summed E-state index contributed by atoms with van der Waals surface area (Å²) in [6.07, 6.45) is -2.81. The Morgan fingerprint density at radius 1 is 1.54 bits per heavy atom. The van der Waals surface area contributed by atoms with Crippen LogP contribution >= 0.6 is 0 Å². The van der Waals surface area contributed by atoms with E-state index in [4.69, 9.17) is 0 Å². The third-order valence-electron chi connectivity index (χ3n) is 1.41. The SMILES string of the molecule is C=C(C)C(=O)OC(F)(F)CCCC. The molecule has 4 heteroatoms. The van der Waals surface area contributed by atoms with Gasteiger partial charge in [-0.05, 0) is 13.3 Å². The summed E-state index contributed by atoms with van der Waals surface area (Å²) >= 11 is 0. The van der Waals surface area contributed by atoms with E-state index >= 15 is 0 Å². The molecule has 0 heterocycles. The number of esters is 1. The molecule has 0 aromatic carbocycles. The van der Waals surface area contributed by atoms with Gasteiger partial charge in [-0.3, -0.25) is 0 Å². The Labute approximate surface area is 76.6 Å². The molecule has 0 amide bonds. The summed E-state index contributed by atoms with van der Waals surface area (Å²) in [6, 6.07) is 0. The molecule has 0 atom stereocenters. The highest BCUT2D eigenvalue weighted by atomic mass is 19.3. The Bertz CT molecular complexity index is 200. The van der Waals surface area contributed by atoms with Crippen LogP contribution < -0.4 is 0 Å². The van der Waals surface area contributed by atoms with Crippen LogP contribution in [-0.4, -0.2) is 12.1 Å². The van der Waals surface area contributed by atoms with E-state index in [1.807, 2.05) is 0 Å². The first kappa shape index (κ1) is 12.1. The van der Waals surface area contributed by atoms with Crippen molar-refractivity contribution in [3.63, 3.8) is 0 Å². The van der Waals surface area contributed by atoms with Crippen LogP contribution in [0.4, 0.5) is 8.78 Å². The second-order valence-corrected chi connectivity index (χ2v) is 2.91. The number of unbranched alkanes of at least 4 members (excludes halogenated alkanes) is 1. The van der Waals surface area contributed by atoms with Gasteiger partial charge >= 0.3 is 12.1 Å². The van der Waals surface area contributed by atoms with Gasteiger partial charge in [0.15, 0.2) is 0 Å². The lowest BCUT2D eigenvalue weighted by Crippen LogP contribution is -2.25. The number of hydrogen-bond acceptors (Lipinski definition) is 2. The first-order valence-electron chi connectivity index (χ1n) is 4.15. The molecule has 2 nitrogen and oxygen atoms in total. The van der Waals surface area contributed by atoms with Crippen LogP contribution in [0.25, 0.3) is 0 Å². The van der Waals surface area contributed by atoms with Crippen LogP contribution in [-0.2, 0) is 9.53 Å². The molecule has 0 saturated carbocycles. The molecule has 0 spiro atoms. The van der Waals surface area contributed by atoms with Gasteiger partial charge in [0.2, 0.25) is 0 Å². The fourth-order valence-electron chi connectivity index (χ4n) is 0.656. The normalized spacial score (nSPS) is 11.1. The Morgan fingerprint density at radius 3 is 2.46 bits per heavy atom. The molecule has 0 N–H and O–H groups in total. The number of carbonyl (C=O) groups is 1. The minimum Gasteiger partial charge on any atom is -0.397 e. The predicted octanol–water partition coefficient (Wildman–Crippen LogP) is 2.89. The maximum Gasteiger partial charge on any atom is 0.400 e. The molecule has 0 rings (SSSR count). The second-order valence-electron chi connectivity index (χ2n) is 2.91. The topological polar surface area (TPSA) is 26.3 Å². The smallest absolute Gasteiger partial charge is 0.397 e. The molecule has 0 aliphatic rings. The summed E-state index contributed by atoms with van der Waals surface area (Å²) in [4.78, 5) is 10.7. The minimum absolute atomic E-state index is 0.0174. The van der Waals surface area contributed by atoms with E-state index in [1.165, 1.54) is 6.92 Å². The molecule has 0 fully saturated rings. The molecular formula is C9H14F2O2. The van der Waals surface area contributed by atoms with Crippen LogP contribution in [0.15, 0.2) is 12.2 Å². The average Bonchev–Trinajstić information content (AvgIpc) is 2.00. The van der Waals surface area contributed by atoms with E-state index in [0.717, 1.165) is 0 Å². The Kier molecular flexibility index (Phi) is 4.59. The molecule has 0 unspecified atom stereocenters. The summed E-state index contributed by atoms with van der Waals surface area (Å²) < 4.78 is 29.4. The lowest BCUT2D eigenvalue weighted by molar-refractivity contribution is -0.232. The lowest BCUT2D eigenvalue weighted by atomic mass is 10.2. The third kappa shape index (κ3) is 5.33. The van der Waals surface area contributed by atoms with Crippen LogP contribution in [0.3, 0.4) is 0 Å². The maximum atomic E-state index is 12.7. The fraction of sp³-hybridized carbons (Fsp3) is 0.667. The zero-order valence-corrected chi connectivity index (χ0v) is 7.90. The van der Waals surface area contributed by atoms with Gasteiger partial charge in [-0.25, -0.2) is 4.79 Å². The summed E-state index contributed by atoms with van der Waals surface area (Å²) in [5.74, 6) is -1.04. The number of hydrogen-bond donors (Lipinski definition) is 0. The summed E-state index contributed by atoms with van der Waals surface area (Å²) in [7, 11) is 0. The predicted molar refractivity (Wildman–Crippen MR) is 45.4 cm³/mol. The lowest BCUT2D eigenvalue weighted by Gasteiger charge is -2.15. The van der Waals surface area contributed by atoms with Gasteiger partial charge in [-0.2, -0.15) is 8.78 Å². The highest BCUT2D eigenvalue weighted by Crippen LogP contribution is 2.23. The number of carbonyl (C=O) groups excluding carboxylic acids is 1. The largest absolute Gasteiger partial charge is 0.400 e. The molecule has 76 valence electrons. The van der Waals surface area contributed by atoms with Crippen LogP contribution in [0.1, 0.15) is 33.1 Å². The van der Waals surface area contributed by atoms with Crippen molar-refractivity contribution in [2.75, 3.05) is 0 Å². The zero-order valence-electron chi connectivity index (χ0n) is 7.90. The second kappa shape index (κ2) is 4.94. The molecular weight excluding hydrogens is 178 g/mol. The van der Waals surface area contributed by atoms with Crippen molar-refractivity contribution in [1.82, 2.24) is 0 Å². The van der Waals surface area contributed by atoms with Gasteiger partial charge in [-0.15, -0.1) is 0 Å². The number of halogens is 2. The molecule has 13 heavy (non-hydrogen) atoms. The first-order chi connectivity index (χ1) is 5.89. The van der Waals surface area contributed by atoms with Crippen molar-refractivity contribution in [1.29, 1.82) is 0 Å². The van der Waals surface area contributed by atoms with Gasteiger partial charge in [-0.1, -0.05) is 19.9 Å². The van der Waals surface area contributed by atoms with Crippen LogP contribution in [0, 0.1) is 0 Å². The Hall–Kier alpha value is -0.930. The highest BCUT2D eigenvalue weighted by molar-refractivity contribution is 5.87. The average molecular weight is 192 g/mol. The monoisotopic (exact) mass is 192 g/mol. The molecule has 0 aliphatic carbocycles. The van der Waals surface area contributed by atoms with Gasteiger partial charge in [0.05, 0.1) is 6.42 Å². The zero-order chi connectivity index (χ0) is 10.5. The number of alkyl halides is 2. The van der Waals surface area contributed by atoms with Crippen LogP contribution in [0.5, 0.6) is 0 Å². The minimum atomic E-state index is -3.36. The summed E-state index contributed by atoms with van der Waals surface area (Å²) in [5, 5.41) is 0. The van der Waals surface area contributed by atoms with E-state index in [0.29, 0.717) is 12.8 Å². The number of ether oxygens (including phenoxy) is 1. The first-order valence-corrected chi connectivity index (χ1v) is 4.15. The molecule has 0 saturated heterocycles. The van der Waals surface area contributed by atoms with Crippen molar-refractivity contribution in [3.05, 3.63) is 12.2 Å². The van der Waals surface area contributed by atoms with Gasteiger partial charge in [0.1, 0.15) is 0 Å². The molecule has 0 radical (unpaired) electrons. The highest BCUT2D eigenvalue weighted by Gasteiger charge is 2.32. The third-order valence-corrected chi connectivity index (χ3v) is 1.41. The molecule has 0 aliphatic heterocycles. The molecule has 0 bridgehead atoms. The summed E-state index contributed by atoms with van der Waals surface area (Å²) in [5.41, 5.74) is -0.0174. The van der Waals surface area contributed by atoms with Crippen molar-refractivity contribution in [2.24, 2.45) is 0 Å². The number of rotatable bonds is 5. The van der Waals surface area contributed by atoms with Crippen molar-refractivity contribution >= 4 is 5.97 Å². The molecule has 0 aromatic rings. The Balaban J connectivity index is 4.00. The van der Waals surface area contributed by atoms with Gasteiger partial charge < -0.3 is 4.74 Å². The van der Waals surface area contributed by atoms with Crippen molar-refractivity contribution < 1.29 is 18.3 Å². The van der Waals surface area contributed by atoms with Gasteiger partial charge in [0.25, 0.3) is 0 Å². The molecule has 0 aromatic heterocycles. The fourth-order valence-corrected chi connectivity index (χ4v) is 0.656. The van der Waals surface area contributed by atoms with E-state index in [-0.39, 0.29) is 5.57 Å². The standard InChI is InChI=1S/C9H14F2O2/c1-4-5-6-9(10,11)13-8(12)7(2)3/h2,4-6H2,1,3H3.